The van der Waals surface area contributed by atoms with Crippen LogP contribution in [0.3, 0.4) is 0 Å². The highest BCUT2D eigenvalue weighted by atomic mass is 19.1. The monoisotopic (exact) mass is 194 g/mol. The van der Waals surface area contributed by atoms with E-state index < -0.39 is 0 Å². The summed E-state index contributed by atoms with van der Waals surface area (Å²) in [6.07, 6.45) is 0. The molecule has 1 unspecified atom stereocenters. The van der Waals surface area contributed by atoms with Gasteiger partial charge in [-0.1, -0.05) is 6.07 Å². The van der Waals surface area contributed by atoms with Crippen LogP contribution in [0.4, 0.5) is 10.1 Å². The number of rotatable bonds is 1. The zero-order chi connectivity index (χ0) is 10.3. The van der Waals surface area contributed by atoms with Gasteiger partial charge in [0.15, 0.2) is 0 Å². The lowest BCUT2D eigenvalue weighted by Gasteiger charge is -2.24. The molecule has 0 bridgehead atoms. The van der Waals surface area contributed by atoms with Crippen molar-refractivity contribution in [2.75, 3.05) is 11.4 Å². The second kappa shape index (κ2) is 3.24. The first-order chi connectivity index (χ1) is 6.59. The van der Waals surface area contributed by atoms with Crippen molar-refractivity contribution in [1.29, 1.82) is 0 Å². The minimum atomic E-state index is -0.191. The van der Waals surface area contributed by atoms with E-state index in [4.69, 9.17) is 5.73 Å². The van der Waals surface area contributed by atoms with Crippen LogP contribution in [0.15, 0.2) is 18.2 Å². The molecule has 0 amide bonds. The van der Waals surface area contributed by atoms with Gasteiger partial charge in [-0.2, -0.15) is 0 Å². The Balaban J connectivity index is 2.45. The number of fused-ring (bicyclic) bond motifs is 1. The zero-order valence-electron chi connectivity index (χ0n) is 8.50. The maximum atomic E-state index is 13.1. The van der Waals surface area contributed by atoms with E-state index >= 15 is 0 Å². The molecule has 76 valence electrons. The maximum Gasteiger partial charge on any atom is 0.125 e. The number of anilines is 1. The van der Waals surface area contributed by atoms with Crippen LogP contribution in [0.25, 0.3) is 0 Å². The molecule has 0 saturated carbocycles. The summed E-state index contributed by atoms with van der Waals surface area (Å²) < 4.78 is 13.1. The highest BCUT2D eigenvalue weighted by Gasteiger charge is 2.27. The standard InChI is InChI=1S/C11H15FN2/c1-7(2)14-6-10(13)9-4-3-8(12)5-11(9)14/h3-5,7,10H,6,13H2,1-2H3. The minimum absolute atomic E-state index is 0.0213. The predicted octanol–water partition coefficient (Wildman–Crippen LogP) is 2.05. The van der Waals surface area contributed by atoms with Gasteiger partial charge in [0.25, 0.3) is 0 Å². The van der Waals surface area contributed by atoms with Crippen LogP contribution >= 0.6 is 0 Å². The fourth-order valence-electron chi connectivity index (χ4n) is 1.98. The quantitative estimate of drug-likeness (QED) is 0.741. The van der Waals surface area contributed by atoms with Crippen LogP contribution in [-0.4, -0.2) is 12.6 Å². The molecule has 2 rings (SSSR count). The van der Waals surface area contributed by atoms with Gasteiger partial charge in [0.2, 0.25) is 0 Å². The van der Waals surface area contributed by atoms with Gasteiger partial charge in [0, 0.05) is 24.3 Å². The van der Waals surface area contributed by atoms with Gasteiger partial charge in [-0.3, -0.25) is 0 Å². The molecule has 1 aliphatic rings. The third-order valence-corrected chi connectivity index (χ3v) is 2.72. The molecule has 1 aliphatic heterocycles. The molecule has 0 spiro atoms. The van der Waals surface area contributed by atoms with Gasteiger partial charge in [-0.25, -0.2) is 4.39 Å². The van der Waals surface area contributed by atoms with Crippen molar-refractivity contribution in [2.45, 2.75) is 25.9 Å². The van der Waals surface area contributed by atoms with Gasteiger partial charge in [0.05, 0.1) is 0 Å². The van der Waals surface area contributed by atoms with Crippen molar-refractivity contribution in [2.24, 2.45) is 5.73 Å². The van der Waals surface area contributed by atoms with Crippen LogP contribution in [0.5, 0.6) is 0 Å². The molecule has 0 saturated heterocycles. The highest BCUT2D eigenvalue weighted by Crippen LogP contribution is 2.34. The van der Waals surface area contributed by atoms with Crippen molar-refractivity contribution in [3.8, 4) is 0 Å². The third-order valence-electron chi connectivity index (χ3n) is 2.72. The summed E-state index contributed by atoms with van der Waals surface area (Å²) in [5.41, 5.74) is 7.97. The number of nitrogens with two attached hydrogens (primary N) is 1. The van der Waals surface area contributed by atoms with Gasteiger partial charge in [-0.15, -0.1) is 0 Å². The number of halogens is 1. The van der Waals surface area contributed by atoms with E-state index in [1.165, 1.54) is 6.07 Å². The maximum absolute atomic E-state index is 13.1. The number of benzene rings is 1. The molecule has 1 aromatic carbocycles. The van der Waals surface area contributed by atoms with E-state index in [-0.39, 0.29) is 11.9 Å². The average Bonchev–Trinajstić information content (AvgIpc) is 2.43. The largest absolute Gasteiger partial charge is 0.367 e. The Morgan fingerprint density at radius 2 is 2.21 bits per heavy atom. The molecule has 1 heterocycles. The topological polar surface area (TPSA) is 29.3 Å². The lowest BCUT2D eigenvalue weighted by atomic mass is 10.1. The van der Waals surface area contributed by atoms with Crippen LogP contribution in [-0.2, 0) is 0 Å². The Morgan fingerprint density at radius 3 is 2.86 bits per heavy atom. The molecular formula is C11H15FN2. The van der Waals surface area contributed by atoms with E-state index in [2.05, 4.69) is 18.7 Å². The Labute approximate surface area is 83.5 Å². The van der Waals surface area contributed by atoms with Crippen molar-refractivity contribution < 1.29 is 4.39 Å². The van der Waals surface area contributed by atoms with Crippen LogP contribution in [0, 0.1) is 5.82 Å². The average molecular weight is 194 g/mol. The molecule has 0 aromatic heterocycles. The Hall–Kier alpha value is -1.09. The van der Waals surface area contributed by atoms with E-state index in [0.29, 0.717) is 6.04 Å². The molecule has 1 atom stereocenters. The van der Waals surface area contributed by atoms with Gasteiger partial charge < -0.3 is 10.6 Å². The second-order valence-electron chi connectivity index (χ2n) is 4.06. The van der Waals surface area contributed by atoms with Gasteiger partial charge in [-0.05, 0) is 31.5 Å². The molecule has 3 heteroatoms. The smallest absolute Gasteiger partial charge is 0.125 e. The Morgan fingerprint density at radius 1 is 1.50 bits per heavy atom. The normalized spacial score (nSPS) is 20.4. The van der Waals surface area contributed by atoms with Crippen molar-refractivity contribution in [1.82, 2.24) is 0 Å². The van der Waals surface area contributed by atoms with E-state index in [1.54, 1.807) is 12.1 Å². The fraction of sp³-hybridized carbons (Fsp3) is 0.455. The Kier molecular flexibility index (Phi) is 2.19. The van der Waals surface area contributed by atoms with Gasteiger partial charge in [0.1, 0.15) is 5.82 Å². The van der Waals surface area contributed by atoms with Crippen molar-refractivity contribution in [3.63, 3.8) is 0 Å². The number of hydrogen-bond donors (Lipinski definition) is 1. The lowest BCUT2D eigenvalue weighted by molar-refractivity contribution is 0.625. The molecule has 2 nitrogen and oxygen atoms in total. The second-order valence-corrected chi connectivity index (χ2v) is 4.06. The summed E-state index contributed by atoms with van der Waals surface area (Å²) in [6, 6.07) is 5.22. The first kappa shape index (κ1) is 9.46. The van der Waals surface area contributed by atoms with Crippen LogP contribution in [0.2, 0.25) is 0 Å². The molecule has 2 N–H and O–H groups in total. The summed E-state index contributed by atoms with van der Waals surface area (Å²) in [4.78, 5) is 2.14. The van der Waals surface area contributed by atoms with Crippen molar-refractivity contribution >= 4 is 5.69 Å². The number of nitrogens with zero attached hydrogens (tertiary/aromatic N) is 1. The first-order valence-electron chi connectivity index (χ1n) is 4.91. The SMILES string of the molecule is CC(C)N1CC(N)c2ccc(F)cc21. The minimum Gasteiger partial charge on any atom is -0.367 e. The molecule has 0 aliphatic carbocycles. The zero-order valence-corrected chi connectivity index (χ0v) is 8.50. The summed E-state index contributed by atoms with van der Waals surface area (Å²) in [5.74, 6) is -0.191. The molecule has 0 radical (unpaired) electrons. The summed E-state index contributed by atoms with van der Waals surface area (Å²) in [6.45, 7) is 4.97. The molecular weight excluding hydrogens is 179 g/mol. The molecule has 1 aromatic rings. The highest BCUT2D eigenvalue weighted by molar-refractivity contribution is 5.60. The van der Waals surface area contributed by atoms with E-state index in [0.717, 1.165) is 17.8 Å². The lowest BCUT2D eigenvalue weighted by Crippen LogP contribution is -2.30. The summed E-state index contributed by atoms with van der Waals surface area (Å²) in [5, 5.41) is 0. The summed E-state index contributed by atoms with van der Waals surface area (Å²) >= 11 is 0. The van der Waals surface area contributed by atoms with Gasteiger partial charge >= 0.3 is 0 Å². The summed E-state index contributed by atoms with van der Waals surface area (Å²) in [7, 11) is 0. The first-order valence-corrected chi connectivity index (χ1v) is 4.91. The van der Waals surface area contributed by atoms with Crippen LogP contribution in [0.1, 0.15) is 25.5 Å². The predicted molar refractivity (Wildman–Crippen MR) is 55.8 cm³/mol. The molecule has 0 fully saturated rings. The molecule has 14 heavy (non-hydrogen) atoms. The Bertz CT molecular complexity index is 349. The van der Waals surface area contributed by atoms with Crippen LogP contribution < -0.4 is 10.6 Å². The fourth-order valence-corrected chi connectivity index (χ4v) is 1.98. The van der Waals surface area contributed by atoms with E-state index in [9.17, 15) is 4.39 Å². The van der Waals surface area contributed by atoms with Crippen molar-refractivity contribution in [3.05, 3.63) is 29.6 Å². The number of hydrogen-bond acceptors (Lipinski definition) is 2. The van der Waals surface area contributed by atoms with E-state index in [1.807, 2.05) is 0 Å². The third kappa shape index (κ3) is 1.38.